The van der Waals surface area contributed by atoms with Gasteiger partial charge in [-0.3, -0.25) is 9.63 Å². The summed E-state index contributed by atoms with van der Waals surface area (Å²) in [7, 11) is 0. The third kappa shape index (κ3) is 2.45. The number of fused-ring (bicyclic) bond motifs is 1. The number of allylic oxidation sites excluding steroid dienone is 1. The van der Waals surface area contributed by atoms with Gasteiger partial charge in [-0.05, 0) is 24.6 Å². The van der Waals surface area contributed by atoms with Crippen molar-refractivity contribution in [1.82, 2.24) is 0 Å². The molecule has 0 aliphatic carbocycles. The van der Waals surface area contributed by atoms with Gasteiger partial charge in [0.05, 0.1) is 5.69 Å². The average Bonchev–Trinajstić information content (AvgIpc) is 2.77. The molecule has 0 saturated heterocycles. The fraction of sp³-hybridized carbons (Fsp3) is 0.118. The lowest BCUT2D eigenvalue weighted by Gasteiger charge is -2.16. The summed E-state index contributed by atoms with van der Waals surface area (Å²) >= 11 is 0. The maximum Gasteiger partial charge on any atom is 0.282 e. The summed E-state index contributed by atoms with van der Waals surface area (Å²) < 4.78 is 13.4. The first-order valence-electron chi connectivity index (χ1n) is 6.68. The van der Waals surface area contributed by atoms with E-state index in [-0.39, 0.29) is 12.5 Å². The fourth-order valence-corrected chi connectivity index (χ4v) is 2.36. The molecule has 0 fully saturated rings. The first-order chi connectivity index (χ1) is 10.2. The highest BCUT2D eigenvalue weighted by atomic mass is 19.1. The average molecular weight is 283 g/mol. The maximum atomic E-state index is 13.4. The number of halogens is 1. The van der Waals surface area contributed by atoms with Crippen LogP contribution in [0.5, 0.6) is 0 Å². The molecule has 106 valence electrons. The van der Waals surface area contributed by atoms with Crippen LogP contribution in [0.1, 0.15) is 18.1 Å². The lowest BCUT2D eigenvalue weighted by Crippen LogP contribution is -2.26. The van der Waals surface area contributed by atoms with Crippen molar-refractivity contribution in [2.24, 2.45) is 0 Å². The number of carbonyl (C=O) groups excluding carboxylic acids is 1. The van der Waals surface area contributed by atoms with Gasteiger partial charge in [-0.25, -0.2) is 4.39 Å². The molecule has 0 unspecified atom stereocenters. The van der Waals surface area contributed by atoms with E-state index in [9.17, 15) is 9.18 Å². The molecule has 0 saturated carbocycles. The number of nitrogens with zero attached hydrogens (tertiary/aromatic N) is 1. The molecular weight excluding hydrogens is 269 g/mol. The van der Waals surface area contributed by atoms with E-state index in [2.05, 4.69) is 0 Å². The number of benzene rings is 2. The predicted molar refractivity (Wildman–Crippen MR) is 78.8 cm³/mol. The standard InChI is InChI=1S/C17H14FNO2/c1-2-14-15-9-8-13(18)10-16(15)19(17(14)20)21-11-12-6-4-3-5-7-12/h2-10H,11H2,1H3/b14-2-. The van der Waals surface area contributed by atoms with Gasteiger partial charge in [0.15, 0.2) is 0 Å². The molecule has 0 bridgehead atoms. The van der Waals surface area contributed by atoms with Crippen molar-refractivity contribution in [2.45, 2.75) is 13.5 Å². The molecular formula is C17H14FNO2. The van der Waals surface area contributed by atoms with Gasteiger partial charge in [0.1, 0.15) is 12.4 Å². The van der Waals surface area contributed by atoms with Crippen LogP contribution in [-0.4, -0.2) is 5.91 Å². The summed E-state index contributed by atoms with van der Waals surface area (Å²) in [6, 6.07) is 13.8. The minimum atomic E-state index is -0.396. The number of carbonyl (C=O) groups is 1. The molecule has 1 amide bonds. The summed E-state index contributed by atoms with van der Waals surface area (Å²) in [5.74, 6) is -0.666. The van der Waals surface area contributed by atoms with Gasteiger partial charge < -0.3 is 0 Å². The van der Waals surface area contributed by atoms with Crippen molar-refractivity contribution in [2.75, 3.05) is 5.06 Å². The van der Waals surface area contributed by atoms with E-state index in [0.29, 0.717) is 16.8 Å². The van der Waals surface area contributed by atoms with E-state index < -0.39 is 5.82 Å². The van der Waals surface area contributed by atoms with E-state index in [1.54, 1.807) is 19.1 Å². The van der Waals surface area contributed by atoms with Crippen LogP contribution in [0.25, 0.3) is 5.57 Å². The van der Waals surface area contributed by atoms with Crippen molar-refractivity contribution in [3.63, 3.8) is 0 Å². The Balaban J connectivity index is 1.89. The van der Waals surface area contributed by atoms with E-state index >= 15 is 0 Å². The largest absolute Gasteiger partial charge is 0.282 e. The first-order valence-corrected chi connectivity index (χ1v) is 6.68. The minimum absolute atomic E-state index is 0.250. The summed E-state index contributed by atoms with van der Waals surface area (Å²) in [6.45, 7) is 2.03. The van der Waals surface area contributed by atoms with Crippen molar-refractivity contribution in [3.05, 3.63) is 71.6 Å². The number of hydrogen-bond donors (Lipinski definition) is 0. The van der Waals surface area contributed by atoms with Crippen LogP contribution in [0.15, 0.2) is 54.6 Å². The normalized spacial score (nSPS) is 15.6. The molecule has 0 spiro atoms. The van der Waals surface area contributed by atoms with Crippen LogP contribution in [0, 0.1) is 5.82 Å². The molecule has 2 aromatic carbocycles. The van der Waals surface area contributed by atoms with Gasteiger partial charge in [0.2, 0.25) is 0 Å². The summed E-state index contributed by atoms with van der Waals surface area (Å²) in [5, 5.41) is 1.17. The summed E-state index contributed by atoms with van der Waals surface area (Å²) in [4.78, 5) is 17.9. The molecule has 1 aliphatic rings. The van der Waals surface area contributed by atoms with Crippen molar-refractivity contribution in [3.8, 4) is 0 Å². The highest BCUT2D eigenvalue weighted by Crippen LogP contribution is 2.37. The van der Waals surface area contributed by atoms with Crippen LogP contribution in [0.2, 0.25) is 0 Å². The maximum absolute atomic E-state index is 13.4. The Bertz CT molecular complexity index is 710. The van der Waals surface area contributed by atoms with E-state index in [1.165, 1.54) is 17.2 Å². The van der Waals surface area contributed by atoms with Crippen molar-refractivity contribution >= 4 is 17.2 Å². The Morgan fingerprint density at radius 3 is 2.67 bits per heavy atom. The van der Waals surface area contributed by atoms with Gasteiger partial charge >= 0.3 is 0 Å². The Morgan fingerprint density at radius 2 is 1.95 bits per heavy atom. The Kier molecular flexibility index (Phi) is 3.54. The topological polar surface area (TPSA) is 29.5 Å². The molecule has 1 heterocycles. The summed E-state index contributed by atoms with van der Waals surface area (Å²) in [6.07, 6.45) is 1.71. The van der Waals surface area contributed by atoms with Crippen molar-refractivity contribution in [1.29, 1.82) is 0 Å². The van der Waals surface area contributed by atoms with Gasteiger partial charge in [-0.1, -0.05) is 36.4 Å². The number of rotatable bonds is 3. The second-order valence-electron chi connectivity index (χ2n) is 4.72. The molecule has 0 N–H and O–H groups in total. The number of amides is 1. The monoisotopic (exact) mass is 283 g/mol. The highest BCUT2D eigenvalue weighted by molar-refractivity contribution is 6.31. The van der Waals surface area contributed by atoms with Gasteiger partial charge in [-0.15, -0.1) is 0 Å². The molecule has 0 atom stereocenters. The van der Waals surface area contributed by atoms with Crippen LogP contribution in [-0.2, 0) is 16.2 Å². The Morgan fingerprint density at radius 1 is 1.19 bits per heavy atom. The molecule has 4 heteroatoms. The number of hydroxylamine groups is 1. The van der Waals surface area contributed by atoms with E-state index in [0.717, 1.165) is 5.56 Å². The molecule has 2 aromatic rings. The van der Waals surface area contributed by atoms with Crippen LogP contribution in [0.3, 0.4) is 0 Å². The van der Waals surface area contributed by atoms with Crippen LogP contribution >= 0.6 is 0 Å². The van der Waals surface area contributed by atoms with Crippen LogP contribution < -0.4 is 5.06 Å². The van der Waals surface area contributed by atoms with Crippen LogP contribution in [0.4, 0.5) is 10.1 Å². The zero-order valence-corrected chi connectivity index (χ0v) is 11.5. The lowest BCUT2D eigenvalue weighted by molar-refractivity contribution is -0.120. The first kappa shape index (κ1) is 13.5. The predicted octanol–water partition coefficient (Wildman–Crippen LogP) is 3.71. The minimum Gasteiger partial charge on any atom is -0.266 e. The van der Waals surface area contributed by atoms with E-state index in [4.69, 9.17) is 4.84 Å². The number of hydrogen-bond acceptors (Lipinski definition) is 2. The smallest absolute Gasteiger partial charge is 0.266 e. The Hall–Kier alpha value is -2.46. The second-order valence-corrected chi connectivity index (χ2v) is 4.72. The molecule has 3 rings (SSSR count). The Labute approximate surface area is 122 Å². The van der Waals surface area contributed by atoms with Gasteiger partial charge in [0, 0.05) is 17.2 Å². The molecule has 1 aliphatic heterocycles. The zero-order valence-electron chi connectivity index (χ0n) is 11.5. The highest BCUT2D eigenvalue weighted by Gasteiger charge is 2.33. The fourth-order valence-electron chi connectivity index (χ4n) is 2.36. The number of anilines is 1. The van der Waals surface area contributed by atoms with Gasteiger partial charge in [0.25, 0.3) is 5.91 Å². The third-order valence-electron chi connectivity index (χ3n) is 3.38. The molecule has 21 heavy (non-hydrogen) atoms. The van der Waals surface area contributed by atoms with Crippen molar-refractivity contribution < 1.29 is 14.0 Å². The van der Waals surface area contributed by atoms with E-state index in [1.807, 2.05) is 30.3 Å². The summed E-state index contributed by atoms with van der Waals surface area (Å²) in [5.41, 5.74) is 2.61. The zero-order chi connectivity index (χ0) is 14.8. The molecule has 0 aromatic heterocycles. The van der Waals surface area contributed by atoms with Gasteiger partial charge in [-0.2, -0.15) is 5.06 Å². The third-order valence-corrected chi connectivity index (χ3v) is 3.38. The molecule has 0 radical (unpaired) electrons. The SMILES string of the molecule is C/C=C1\C(=O)N(OCc2ccccc2)c2cc(F)ccc21. The quantitative estimate of drug-likeness (QED) is 0.804. The molecule has 3 nitrogen and oxygen atoms in total. The second kappa shape index (κ2) is 5.50. The lowest BCUT2D eigenvalue weighted by atomic mass is 10.1.